The lowest BCUT2D eigenvalue weighted by atomic mass is 10.1. The molecule has 0 aliphatic carbocycles. The van der Waals surface area contributed by atoms with Gasteiger partial charge in [0.25, 0.3) is 0 Å². The molecule has 6 nitrogen and oxygen atoms in total. The third-order valence-corrected chi connectivity index (χ3v) is 6.18. The number of benzene rings is 2. The van der Waals surface area contributed by atoms with E-state index in [0.717, 1.165) is 11.1 Å². The molecule has 6 N–H and O–H groups in total. The molecule has 2 unspecified atom stereocenters. The van der Waals surface area contributed by atoms with Crippen LogP contribution >= 0.6 is 21.6 Å². The molecule has 0 saturated heterocycles. The SMILES string of the molecule is NC(CSSCC(N)c1cccc(C(=O)O)c1)c1cccc(C(=O)O)c1. The van der Waals surface area contributed by atoms with Crippen LogP contribution in [0.2, 0.25) is 0 Å². The predicted octanol–water partition coefficient (Wildman–Crippen LogP) is 3.16. The minimum atomic E-state index is -0.976. The molecule has 0 amide bonds. The molecule has 26 heavy (non-hydrogen) atoms. The number of carboxylic acids is 2. The fourth-order valence-electron chi connectivity index (χ4n) is 2.24. The van der Waals surface area contributed by atoms with Gasteiger partial charge in [-0.05, 0) is 35.4 Å². The van der Waals surface area contributed by atoms with Gasteiger partial charge in [0, 0.05) is 23.6 Å². The van der Waals surface area contributed by atoms with Crippen LogP contribution in [0, 0.1) is 0 Å². The smallest absolute Gasteiger partial charge is 0.335 e. The van der Waals surface area contributed by atoms with Gasteiger partial charge in [0.05, 0.1) is 11.1 Å². The molecular weight excluding hydrogens is 372 g/mol. The van der Waals surface area contributed by atoms with Gasteiger partial charge in [-0.3, -0.25) is 0 Å². The van der Waals surface area contributed by atoms with Crippen molar-refractivity contribution in [2.45, 2.75) is 12.1 Å². The van der Waals surface area contributed by atoms with Gasteiger partial charge >= 0.3 is 11.9 Å². The maximum absolute atomic E-state index is 11.0. The largest absolute Gasteiger partial charge is 0.478 e. The predicted molar refractivity (Wildman–Crippen MR) is 106 cm³/mol. The van der Waals surface area contributed by atoms with E-state index in [-0.39, 0.29) is 23.2 Å². The van der Waals surface area contributed by atoms with Crippen LogP contribution in [0.3, 0.4) is 0 Å². The van der Waals surface area contributed by atoms with Crippen molar-refractivity contribution in [2.24, 2.45) is 11.5 Å². The maximum atomic E-state index is 11.0. The molecule has 0 radical (unpaired) electrons. The Labute approximate surface area is 159 Å². The van der Waals surface area contributed by atoms with Gasteiger partial charge in [-0.2, -0.15) is 0 Å². The number of rotatable bonds is 9. The van der Waals surface area contributed by atoms with Gasteiger partial charge in [0.1, 0.15) is 0 Å². The van der Waals surface area contributed by atoms with E-state index in [2.05, 4.69) is 0 Å². The van der Waals surface area contributed by atoms with E-state index < -0.39 is 11.9 Å². The highest BCUT2D eigenvalue weighted by Gasteiger charge is 2.12. The lowest BCUT2D eigenvalue weighted by Crippen LogP contribution is -2.15. The highest BCUT2D eigenvalue weighted by Crippen LogP contribution is 2.30. The fraction of sp³-hybridized carbons (Fsp3) is 0.222. The second kappa shape index (κ2) is 9.63. The lowest BCUT2D eigenvalue weighted by Gasteiger charge is -2.14. The molecule has 2 atom stereocenters. The van der Waals surface area contributed by atoms with Crippen molar-refractivity contribution in [3.8, 4) is 0 Å². The van der Waals surface area contributed by atoms with E-state index in [1.54, 1.807) is 45.9 Å². The molecule has 0 bridgehead atoms. The summed E-state index contributed by atoms with van der Waals surface area (Å²) in [6.45, 7) is 0. The number of hydrogen-bond acceptors (Lipinski definition) is 6. The first-order valence-electron chi connectivity index (χ1n) is 7.80. The Balaban J connectivity index is 1.82. The summed E-state index contributed by atoms with van der Waals surface area (Å²) in [7, 11) is 3.10. The van der Waals surface area contributed by atoms with Gasteiger partial charge in [-0.15, -0.1) is 0 Å². The monoisotopic (exact) mass is 392 g/mol. The molecule has 8 heteroatoms. The Kier molecular flexibility index (Phi) is 7.52. The van der Waals surface area contributed by atoms with Gasteiger partial charge in [0.15, 0.2) is 0 Å². The molecule has 0 aliphatic rings. The Bertz CT molecular complexity index is 720. The summed E-state index contributed by atoms with van der Waals surface area (Å²) >= 11 is 0. The number of hydrogen-bond donors (Lipinski definition) is 4. The number of carbonyl (C=O) groups is 2. The van der Waals surface area contributed by atoms with Crippen LogP contribution in [0.4, 0.5) is 0 Å². The van der Waals surface area contributed by atoms with Crippen molar-refractivity contribution in [1.82, 2.24) is 0 Å². The van der Waals surface area contributed by atoms with Crippen molar-refractivity contribution in [1.29, 1.82) is 0 Å². The van der Waals surface area contributed by atoms with Crippen LogP contribution < -0.4 is 11.5 Å². The number of aromatic carboxylic acids is 2. The Morgan fingerprint density at radius 1 is 0.808 bits per heavy atom. The minimum Gasteiger partial charge on any atom is -0.478 e. The van der Waals surface area contributed by atoms with Gasteiger partial charge in [-0.25, -0.2) is 9.59 Å². The first kappa shape index (κ1) is 20.3. The van der Waals surface area contributed by atoms with E-state index in [4.69, 9.17) is 21.7 Å². The molecule has 0 fully saturated rings. The zero-order valence-electron chi connectivity index (χ0n) is 13.9. The summed E-state index contributed by atoms with van der Waals surface area (Å²) in [4.78, 5) is 22.0. The first-order valence-corrected chi connectivity index (χ1v) is 10.3. The molecule has 2 rings (SSSR count). The molecule has 0 aliphatic heterocycles. The van der Waals surface area contributed by atoms with Crippen molar-refractivity contribution < 1.29 is 19.8 Å². The lowest BCUT2D eigenvalue weighted by molar-refractivity contribution is 0.0686. The Hall–Kier alpha value is -2.00. The number of carboxylic acid groups (broad SMARTS) is 2. The third-order valence-electron chi connectivity index (χ3n) is 3.70. The van der Waals surface area contributed by atoms with Crippen LogP contribution in [0.1, 0.15) is 43.9 Å². The van der Waals surface area contributed by atoms with E-state index in [1.165, 1.54) is 12.1 Å². The van der Waals surface area contributed by atoms with Gasteiger partial charge < -0.3 is 21.7 Å². The first-order chi connectivity index (χ1) is 12.4. The summed E-state index contributed by atoms with van der Waals surface area (Å²) < 4.78 is 0. The highest BCUT2D eigenvalue weighted by molar-refractivity contribution is 8.76. The van der Waals surface area contributed by atoms with E-state index in [1.807, 2.05) is 12.1 Å². The molecule has 138 valence electrons. The van der Waals surface area contributed by atoms with Crippen molar-refractivity contribution >= 4 is 33.5 Å². The molecule has 2 aromatic rings. The average molecular weight is 393 g/mol. The van der Waals surface area contributed by atoms with Gasteiger partial charge in [0.2, 0.25) is 0 Å². The van der Waals surface area contributed by atoms with Crippen LogP contribution in [-0.4, -0.2) is 33.7 Å². The Morgan fingerprint density at radius 3 is 1.54 bits per heavy atom. The molecular formula is C18H20N2O4S2. The second-order valence-corrected chi connectivity index (χ2v) is 8.20. The molecule has 0 heterocycles. The molecule has 0 saturated carbocycles. The fourth-order valence-corrected chi connectivity index (χ4v) is 4.57. The molecule has 2 aromatic carbocycles. The number of nitrogens with two attached hydrogens (primary N) is 2. The van der Waals surface area contributed by atoms with Crippen molar-refractivity contribution in [2.75, 3.05) is 11.5 Å². The second-order valence-electron chi connectivity index (χ2n) is 5.64. The van der Waals surface area contributed by atoms with E-state index in [0.29, 0.717) is 11.5 Å². The topological polar surface area (TPSA) is 127 Å². The van der Waals surface area contributed by atoms with Crippen LogP contribution in [0.15, 0.2) is 48.5 Å². The highest BCUT2D eigenvalue weighted by atomic mass is 33.1. The van der Waals surface area contributed by atoms with Crippen molar-refractivity contribution in [3.05, 3.63) is 70.8 Å². The van der Waals surface area contributed by atoms with E-state index >= 15 is 0 Å². The molecule has 0 spiro atoms. The minimum absolute atomic E-state index is 0.218. The normalized spacial score (nSPS) is 13.2. The Morgan fingerprint density at radius 2 is 1.19 bits per heavy atom. The zero-order chi connectivity index (χ0) is 19.1. The van der Waals surface area contributed by atoms with Crippen molar-refractivity contribution in [3.63, 3.8) is 0 Å². The summed E-state index contributed by atoms with van der Waals surface area (Å²) in [5.41, 5.74) is 14.2. The summed E-state index contributed by atoms with van der Waals surface area (Å²) in [6, 6.07) is 12.7. The van der Waals surface area contributed by atoms with Crippen LogP contribution in [0.25, 0.3) is 0 Å². The van der Waals surface area contributed by atoms with E-state index in [9.17, 15) is 9.59 Å². The van der Waals surface area contributed by atoms with Crippen LogP contribution in [0.5, 0.6) is 0 Å². The van der Waals surface area contributed by atoms with Crippen LogP contribution in [-0.2, 0) is 0 Å². The summed E-state index contributed by atoms with van der Waals surface area (Å²) in [5.74, 6) is -0.739. The average Bonchev–Trinajstić information content (AvgIpc) is 2.65. The quantitative estimate of drug-likeness (QED) is 0.379. The maximum Gasteiger partial charge on any atom is 0.335 e. The molecule has 0 aromatic heterocycles. The summed E-state index contributed by atoms with van der Waals surface area (Å²) in [6.07, 6.45) is 0. The standard InChI is InChI=1S/C18H20N2O4S2/c19-15(11-3-1-5-13(7-11)17(21)22)9-25-26-10-16(20)12-4-2-6-14(8-12)18(23)24/h1-8,15-16H,9-10,19-20H2,(H,21,22)(H,23,24). The van der Waals surface area contributed by atoms with Gasteiger partial charge in [-0.1, -0.05) is 45.9 Å². The third kappa shape index (κ3) is 5.77. The summed E-state index contributed by atoms with van der Waals surface area (Å²) in [5, 5.41) is 18.1. The zero-order valence-corrected chi connectivity index (χ0v) is 15.5.